The monoisotopic (exact) mass is 404 g/mol. The van der Waals surface area contributed by atoms with Crippen LogP contribution in [0.2, 0.25) is 0 Å². The van der Waals surface area contributed by atoms with E-state index in [-0.39, 0.29) is 29.6 Å². The van der Waals surface area contributed by atoms with E-state index >= 15 is 0 Å². The van der Waals surface area contributed by atoms with Gasteiger partial charge in [0.15, 0.2) is 0 Å². The molecule has 0 spiro atoms. The highest BCUT2D eigenvalue weighted by Gasteiger charge is 2.49. The van der Waals surface area contributed by atoms with Crippen LogP contribution >= 0.6 is 12.4 Å². The van der Waals surface area contributed by atoms with Crippen molar-refractivity contribution in [2.45, 2.75) is 32.6 Å². The summed E-state index contributed by atoms with van der Waals surface area (Å²) in [4.78, 5) is 25.2. The van der Waals surface area contributed by atoms with E-state index in [1.807, 2.05) is 12.1 Å². The molecule has 1 aromatic heterocycles. The first-order valence-electron chi connectivity index (χ1n) is 9.43. The third kappa shape index (κ3) is 3.77. The Morgan fingerprint density at radius 3 is 2.57 bits per heavy atom. The zero-order chi connectivity index (χ0) is 18.9. The predicted octanol–water partition coefficient (Wildman–Crippen LogP) is 3.38. The van der Waals surface area contributed by atoms with Crippen molar-refractivity contribution >= 4 is 35.6 Å². The summed E-state index contributed by atoms with van der Waals surface area (Å²) in [5.74, 6) is 0.736. The van der Waals surface area contributed by atoms with Gasteiger partial charge in [-0.2, -0.15) is 0 Å². The molecule has 0 bridgehead atoms. The van der Waals surface area contributed by atoms with Crippen LogP contribution in [0.25, 0.3) is 0 Å². The number of carbonyl (C=O) groups is 2. The average Bonchev–Trinajstić information content (AvgIpc) is 3.30. The lowest BCUT2D eigenvalue weighted by Crippen LogP contribution is -2.44. The van der Waals surface area contributed by atoms with E-state index in [9.17, 15) is 9.59 Å². The first kappa shape index (κ1) is 20.4. The number of benzene rings is 1. The molecule has 1 aromatic carbocycles. The van der Waals surface area contributed by atoms with Gasteiger partial charge in [0.2, 0.25) is 5.91 Å². The summed E-state index contributed by atoms with van der Waals surface area (Å²) in [5.41, 5.74) is 1.51. The Kier molecular flexibility index (Phi) is 6.05. The molecule has 2 fully saturated rings. The SMILES string of the molecule is Cc1oncc1C(=O)Nc1ccc(NC(=O)[C@@]23CCCC[C@H]2CNC3)cc1.Cl. The number of nitrogens with one attached hydrogen (secondary N) is 3. The van der Waals surface area contributed by atoms with E-state index in [1.165, 1.54) is 12.6 Å². The van der Waals surface area contributed by atoms with Gasteiger partial charge < -0.3 is 20.5 Å². The van der Waals surface area contributed by atoms with Crippen molar-refractivity contribution in [1.82, 2.24) is 10.5 Å². The van der Waals surface area contributed by atoms with Crippen LogP contribution in [-0.4, -0.2) is 30.1 Å². The number of nitrogens with zero attached hydrogens (tertiary/aromatic N) is 1. The molecule has 0 unspecified atom stereocenters. The molecule has 2 aliphatic rings. The molecule has 1 aliphatic carbocycles. The van der Waals surface area contributed by atoms with Crippen LogP contribution in [0.4, 0.5) is 11.4 Å². The van der Waals surface area contributed by atoms with E-state index in [4.69, 9.17) is 4.52 Å². The van der Waals surface area contributed by atoms with Crippen molar-refractivity contribution < 1.29 is 14.1 Å². The third-order valence-electron chi connectivity index (χ3n) is 5.89. The van der Waals surface area contributed by atoms with Crippen molar-refractivity contribution in [3.8, 4) is 0 Å². The highest BCUT2D eigenvalue weighted by atomic mass is 35.5. The second-order valence-corrected chi connectivity index (χ2v) is 7.51. The molecule has 2 aromatic rings. The van der Waals surface area contributed by atoms with Crippen LogP contribution < -0.4 is 16.0 Å². The zero-order valence-electron chi connectivity index (χ0n) is 15.8. The molecular weight excluding hydrogens is 380 g/mol. The third-order valence-corrected chi connectivity index (χ3v) is 5.89. The number of aromatic nitrogens is 1. The van der Waals surface area contributed by atoms with Crippen LogP contribution in [0.1, 0.15) is 41.8 Å². The number of rotatable bonds is 4. The molecule has 8 heteroatoms. The summed E-state index contributed by atoms with van der Waals surface area (Å²) in [6.45, 7) is 3.38. The number of hydrogen-bond acceptors (Lipinski definition) is 5. The summed E-state index contributed by atoms with van der Waals surface area (Å²) < 4.78 is 4.91. The van der Waals surface area contributed by atoms with E-state index in [1.54, 1.807) is 19.1 Å². The summed E-state index contributed by atoms with van der Waals surface area (Å²) in [7, 11) is 0. The smallest absolute Gasteiger partial charge is 0.260 e. The highest BCUT2D eigenvalue weighted by Crippen LogP contribution is 2.44. The fourth-order valence-corrected chi connectivity index (χ4v) is 4.30. The number of carbonyl (C=O) groups excluding carboxylic acids is 2. The predicted molar refractivity (Wildman–Crippen MR) is 109 cm³/mol. The second-order valence-electron chi connectivity index (χ2n) is 7.51. The Morgan fingerprint density at radius 1 is 1.18 bits per heavy atom. The van der Waals surface area contributed by atoms with Gasteiger partial charge in [0.25, 0.3) is 5.91 Å². The molecule has 2 heterocycles. The first-order valence-corrected chi connectivity index (χ1v) is 9.43. The van der Waals surface area contributed by atoms with E-state index in [0.717, 1.165) is 38.0 Å². The van der Waals surface area contributed by atoms with Gasteiger partial charge in [-0.1, -0.05) is 18.0 Å². The fraction of sp³-hybridized carbons (Fsp3) is 0.450. The molecule has 1 saturated carbocycles. The average molecular weight is 405 g/mol. The first-order chi connectivity index (χ1) is 13.1. The lowest BCUT2D eigenvalue weighted by atomic mass is 9.67. The zero-order valence-corrected chi connectivity index (χ0v) is 16.6. The molecule has 1 aliphatic heterocycles. The minimum absolute atomic E-state index is 0. The van der Waals surface area contributed by atoms with Crippen LogP contribution in [0.3, 0.4) is 0 Å². The summed E-state index contributed by atoms with van der Waals surface area (Å²) >= 11 is 0. The Labute approximate surface area is 170 Å². The van der Waals surface area contributed by atoms with Gasteiger partial charge in [0.05, 0.1) is 11.6 Å². The maximum atomic E-state index is 13.0. The van der Waals surface area contributed by atoms with Gasteiger partial charge in [0, 0.05) is 17.9 Å². The molecule has 2 atom stereocenters. The van der Waals surface area contributed by atoms with Crippen molar-refractivity contribution in [1.29, 1.82) is 0 Å². The molecule has 2 amide bonds. The summed E-state index contributed by atoms with van der Waals surface area (Å²) in [6, 6.07) is 7.17. The van der Waals surface area contributed by atoms with Gasteiger partial charge in [-0.3, -0.25) is 9.59 Å². The number of hydrogen-bond donors (Lipinski definition) is 3. The van der Waals surface area contributed by atoms with Crippen LogP contribution in [0.5, 0.6) is 0 Å². The molecule has 0 radical (unpaired) electrons. The van der Waals surface area contributed by atoms with Gasteiger partial charge in [0.1, 0.15) is 11.3 Å². The molecule has 4 rings (SSSR count). The Bertz CT molecular complexity index is 851. The van der Waals surface area contributed by atoms with Crippen molar-refractivity contribution in [2.24, 2.45) is 11.3 Å². The normalized spacial score (nSPS) is 23.4. The number of aryl methyl sites for hydroxylation is 1. The van der Waals surface area contributed by atoms with Gasteiger partial charge >= 0.3 is 0 Å². The van der Waals surface area contributed by atoms with Crippen LogP contribution in [0, 0.1) is 18.3 Å². The van der Waals surface area contributed by atoms with Crippen molar-refractivity contribution in [2.75, 3.05) is 23.7 Å². The number of anilines is 2. The van der Waals surface area contributed by atoms with E-state index in [2.05, 4.69) is 21.1 Å². The molecule has 28 heavy (non-hydrogen) atoms. The Balaban J connectivity index is 0.00000225. The van der Waals surface area contributed by atoms with E-state index < -0.39 is 0 Å². The Hall–Kier alpha value is -2.38. The van der Waals surface area contributed by atoms with Crippen LogP contribution in [-0.2, 0) is 4.79 Å². The van der Waals surface area contributed by atoms with Gasteiger partial charge in [-0.25, -0.2) is 0 Å². The standard InChI is InChI=1S/C20H24N4O3.ClH/c1-13-17(11-22-27-13)18(25)23-15-5-7-16(8-6-15)24-19(26)20-9-3-2-4-14(20)10-21-12-20;/h5-8,11,14,21H,2-4,9-10,12H2,1H3,(H,23,25)(H,24,26);1H/t14-,20+;/m0./s1. The summed E-state index contributed by atoms with van der Waals surface area (Å²) in [5, 5.41) is 12.9. The minimum atomic E-state index is -0.281. The quantitative estimate of drug-likeness (QED) is 0.725. The Morgan fingerprint density at radius 2 is 1.89 bits per heavy atom. The van der Waals surface area contributed by atoms with Crippen molar-refractivity contribution in [3.63, 3.8) is 0 Å². The fourth-order valence-electron chi connectivity index (χ4n) is 4.30. The number of fused-ring (bicyclic) bond motifs is 1. The molecule has 3 N–H and O–H groups in total. The number of halogens is 1. The van der Waals surface area contributed by atoms with Gasteiger partial charge in [-0.15, -0.1) is 12.4 Å². The highest BCUT2D eigenvalue weighted by molar-refractivity contribution is 6.05. The van der Waals surface area contributed by atoms with E-state index in [0.29, 0.717) is 22.9 Å². The minimum Gasteiger partial charge on any atom is -0.361 e. The van der Waals surface area contributed by atoms with Crippen molar-refractivity contribution in [3.05, 3.63) is 41.8 Å². The maximum absolute atomic E-state index is 13.0. The molecular formula is C20H25ClN4O3. The van der Waals surface area contributed by atoms with Crippen LogP contribution in [0.15, 0.2) is 35.0 Å². The lowest BCUT2D eigenvalue weighted by molar-refractivity contribution is -0.128. The second kappa shape index (κ2) is 8.32. The molecule has 150 valence electrons. The number of amides is 2. The lowest BCUT2D eigenvalue weighted by Gasteiger charge is -2.37. The molecule has 7 nitrogen and oxygen atoms in total. The summed E-state index contributed by atoms with van der Waals surface area (Å²) in [6.07, 6.45) is 5.78. The maximum Gasteiger partial charge on any atom is 0.260 e. The largest absolute Gasteiger partial charge is 0.361 e. The van der Waals surface area contributed by atoms with Gasteiger partial charge in [-0.05, 0) is 56.5 Å². The molecule has 1 saturated heterocycles. The topological polar surface area (TPSA) is 96.3 Å².